The van der Waals surface area contributed by atoms with E-state index >= 15 is 0 Å². The van der Waals surface area contributed by atoms with Gasteiger partial charge < -0.3 is 14.7 Å². The SMILES string of the molecule is CC(C)=O.CC(C)=O.CCCO. The summed E-state index contributed by atoms with van der Waals surface area (Å²) in [6.45, 7) is 8.36. The minimum atomic E-state index is 0.167. The molecule has 0 aliphatic carbocycles. The summed E-state index contributed by atoms with van der Waals surface area (Å²) in [5, 5.41) is 7.88. The maximum absolute atomic E-state index is 9.44. The van der Waals surface area contributed by atoms with Gasteiger partial charge in [0.2, 0.25) is 0 Å². The van der Waals surface area contributed by atoms with Crippen LogP contribution in [0.5, 0.6) is 0 Å². The molecule has 0 fully saturated rings. The third-order valence-corrected chi connectivity index (χ3v) is 0.224. The molecule has 0 saturated heterocycles. The van der Waals surface area contributed by atoms with Gasteiger partial charge in [0.05, 0.1) is 0 Å². The number of rotatable bonds is 1. The molecule has 0 spiro atoms. The van der Waals surface area contributed by atoms with Gasteiger partial charge in [0.15, 0.2) is 0 Å². The monoisotopic (exact) mass is 176 g/mol. The van der Waals surface area contributed by atoms with Crippen molar-refractivity contribution in [1.29, 1.82) is 0 Å². The predicted molar refractivity (Wildman–Crippen MR) is 50.1 cm³/mol. The molecule has 0 aliphatic rings. The quantitative estimate of drug-likeness (QED) is 0.660. The van der Waals surface area contributed by atoms with Gasteiger partial charge in [0.25, 0.3) is 0 Å². The Labute approximate surface area is 74.8 Å². The van der Waals surface area contributed by atoms with E-state index in [1.807, 2.05) is 6.92 Å². The van der Waals surface area contributed by atoms with Crippen molar-refractivity contribution in [2.24, 2.45) is 0 Å². The molecule has 74 valence electrons. The second kappa shape index (κ2) is 16.7. The van der Waals surface area contributed by atoms with E-state index in [4.69, 9.17) is 5.11 Å². The lowest BCUT2D eigenvalue weighted by atomic mass is 10.5. The number of aliphatic hydroxyl groups excluding tert-OH is 1. The molecule has 0 rings (SSSR count). The van der Waals surface area contributed by atoms with Crippen molar-refractivity contribution in [2.75, 3.05) is 6.61 Å². The molecule has 0 heterocycles. The highest BCUT2D eigenvalue weighted by Crippen LogP contribution is 1.61. The Morgan fingerprint density at radius 1 is 1.00 bits per heavy atom. The van der Waals surface area contributed by atoms with Crippen LogP contribution in [-0.2, 0) is 9.59 Å². The molecule has 0 bridgehead atoms. The van der Waals surface area contributed by atoms with E-state index in [1.54, 1.807) is 0 Å². The van der Waals surface area contributed by atoms with Crippen molar-refractivity contribution in [2.45, 2.75) is 41.0 Å². The Hall–Kier alpha value is -0.700. The third kappa shape index (κ3) is 7120. The van der Waals surface area contributed by atoms with E-state index in [1.165, 1.54) is 27.7 Å². The fraction of sp³-hybridized carbons (Fsp3) is 0.778. The highest BCUT2D eigenvalue weighted by atomic mass is 16.2. The first kappa shape index (κ1) is 17.4. The van der Waals surface area contributed by atoms with E-state index < -0.39 is 0 Å². The van der Waals surface area contributed by atoms with Gasteiger partial charge in [0.1, 0.15) is 11.6 Å². The predicted octanol–water partition coefficient (Wildman–Crippen LogP) is 1.58. The minimum absolute atomic E-state index is 0.167. The van der Waals surface area contributed by atoms with Gasteiger partial charge in [-0.15, -0.1) is 0 Å². The summed E-state index contributed by atoms with van der Waals surface area (Å²) in [7, 11) is 0. The Morgan fingerprint density at radius 3 is 1.08 bits per heavy atom. The molecule has 0 unspecified atom stereocenters. The molecular formula is C9H20O3. The van der Waals surface area contributed by atoms with Crippen molar-refractivity contribution >= 4 is 11.6 Å². The van der Waals surface area contributed by atoms with Crippen LogP contribution in [-0.4, -0.2) is 23.3 Å². The lowest BCUT2D eigenvalue weighted by Crippen LogP contribution is -1.69. The average Bonchev–Trinajstić information content (AvgIpc) is 1.85. The molecule has 1 N–H and O–H groups in total. The summed E-state index contributed by atoms with van der Waals surface area (Å²) in [5.41, 5.74) is 0. The summed E-state index contributed by atoms with van der Waals surface area (Å²) >= 11 is 0. The zero-order valence-electron chi connectivity index (χ0n) is 8.68. The van der Waals surface area contributed by atoms with Crippen LogP contribution < -0.4 is 0 Å². The van der Waals surface area contributed by atoms with Crippen LogP contribution in [0.1, 0.15) is 41.0 Å². The second-order valence-corrected chi connectivity index (χ2v) is 2.54. The van der Waals surface area contributed by atoms with Crippen molar-refractivity contribution in [3.63, 3.8) is 0 Å². The lowest BCUT2D eigenvalue weighted by Gasteiger charge is -1.69. The maximum Gasteiger partial charge on any atom is 0.126 e. The number of carbonyl (C=O) groups is 2. The Bertz CT molecular complexity index is 86.3. The van der Waals surface area contributed by atoms with Crippen LogP contribution in [0, 0.1) is 0 Å². The maximum atomic E-state index is 9.44. The summed E-state index contributed by atoms with van der Waals surface area (Å²) in [5.74, 6) is 0.333. The van der Waals surface area contributed by atoms with Crippen LogP contribution in [0.2, 0.25) is 0 Å². The number of hydrogen-bond donors (Lipinski definition) is 1. The first-order valence-electron chi connectivity index (χ1n) is 3.93. The smallest absolute Gasteiger partial charge is 0.126 e. The van der Waals surface area contributed by atoms with E-state index in [9.17, 15) is 9.59 Å². The number of carbonyl (C=O) groups excluding carboxylic acids is 2. The molecule has 0 aromatic rings. The molecule has 3 nitrogen and oxygen atoms in total. The largest absolute Gasteiger partial charge is 0.396 e. The van der Waals surface area contributed by atoms with Gasteiger partial charge in [-0.25, -0.2) is 0 Å². The van der Waals surface area contributed by atoms with Crippen molar-refractivity contribution < 1.29 is 14.7 Å². The topological polar surface area (TPSA) is 54.4 Å². The van der Waals surface area contributed by atoms with Gasteiger partial charge >= 0.3 is 0 Å². The standard InChI is InChI=1S/2C3H6O.C3H8O/c2*1-3(2)4;1-2-3-4/h2*1-2H3;4H,2-3H2,1H3. The number of Topliss-reactive ketones (excluding diaryl/α,β-unsaturated/α-hetero) is 2. The van der Waals surface area contributed by atoms with Crippen molar-refractivity contribution in [1.82, 2.24) is 0 Å². The molecule has 0 aliphatic heterocycles. The highest BCUT2D eigenvalue weighted by molar-refractivity contribution is 5.72. The lowest BCUT2D eigenvalue weighted by molar-refractivity contribution is -0.115. The molecular weight excluding hydrogens is 156 g/mol. The molecule has 0 aromatic heterocycles. The Kier molecular flexibility index (Phi) is 24.2. The molecule has 0 atom stereocenters. The van der Waals surface area contributed by atoms with E-state index in [0.29, 0.717) is 6.61 Å². The van der Waals surface area contributed by atoms with Crippen LogP contribution in [0.25, 0.3) is 0 Å². The van der Waals surface area contributed by atoms with Crippen molar-refractivity contribution in [3.05, 3.63) is 0 Å². The van der Waals surface area contributed by atoms with Gasteiger partial charge in [0, 0.05) is 6.61 Å². The number of hydrogen-bond acceptors (Lipinski definition) is 3. The molecule has 0 saturated carbocycles. The van der Waals surface area contributed by atoms with Crippen molar-refractivity contribution in [3.8, 4) is 0 Å². The number of ketones is 2. The van der Waals surface area contributed by atoms with Crippen LogP contribution >= 0.6 is 0 Å². The van der Waals surface area contributed by atoms with E-state index in [-0.39, 0.29) is 11.6 Å². The molecule has 3 heteroatoms. The van der Waals surface area contributed by atoms with Crippen LogP contribution in [0.15, 0.2) is 0 Å². The minimum Gasteiger partial charge on any atom is -0.396 e. The molecule has 0 radical (unpaired) electrons. The Morgan fingerprint density at radius 2 is 1.08 bits per heavy atom. The summed E-state index contributed by atoms with van der Waals surface area (Å²) in [6, 6.07) is 0. The summed E-state index contributed by atoms with van der Waals surface area (Å²) in [4.78, 5) is 18.9. The fourth-order valence-corrected chi connectivity index (χ4v) is 0. The zero-order chi connectivity index (χ0) is 10.6. The normalized spacial score (nSPS) is 6.83. The van der Waals surface area contributed by atoms with Crippen LogP contribution in [0.3, 0.4) is 0 Å². The zero-order valence-corrected chi connectivity index (χ0v) is 8.68. The van der Waals surface area contributed by atoms with E-state index in [2.05, 4.69) is 0 Å². The van der Waals surface area contributed by atoms with Gasteiger partial charge in [-0.05, 0) is 34.1 Å². The molecule has 0 amide bonds. The highest BCUT2D eigenvalue weighted by Gasteiger charge is 1.62. The fourth-order valence-electron chi connectivity index (χ4n) is 0. The molecule has 12 heavy (non-hydrogen) atoms. The van der Waals surface area contributed by atoms with Gasteiger partial charge in [-0.1, -0.05) is 6.92 Å². The third-order valence-electron chi connectivity index (χ3n) is 0.224. The number of aliphatic hydroxyl groups is 1. The Balaban J connectivity index is -0.000000101. The first-order valence-corrected chi connectivity index (χ1v) is 3.93. The first-order chi connectivity index (χ1) is 5.38. The van der Waals surface area contributed by atoms with Crippen LogP contribution in [0.4, 0.5) is 0 Å². The molecule has 0 aromatic carbocycles. The van der Waals surface area contributed by atoms with E-state index in [0.717, 1.165) is 6.42 Å². The van der Waals surface area contributed by atoms with Gasteiger partial charge in [-0.3, -0.25) is 0 Å². The second-order valence-electron chi connectivity index (χ2n) is 2.54. The van der Waals surface area contributed by atoms with Gasteiger partial charge in [-0.2, -0.15) is 0 Å². The summed E-state index contributed by atoms with van der Waals surface area (Å²) < 4.78 is 0. The summed E-state index contributed by atoms with van der Waals surface area (Å²) in [6.07, 6.45) is 0.875. The average molecular weight is 176 g/mol.